The number of carbonyl (C=O) groups excluding carboxylic acids is 3. The van der Waals surface area contributed by atoms with E-state index in [2.05, 4.69) is 5.32 Å². The van der Waals surface area contributed by atoms with Crippen molar-refractivity contribution in [3.8, 4) is 0 Å². The molecule has 1 aromatic carbocycles. The molecule has 1 heterocycles. The molecule has 0 aromatic heterocycles. The zero-order valence-corrected chi connectivity index (χ0v) is 12.2. The van der Waals surface area contributed by atoms with Crippen LogP contribution < -0.4 is 16.0 Å². The zero-order valence-electron chi connectivity index (χ0n) is 12.2. The molecule has 1 saturated heterocycles. The van der Waals surface area contributed by atoms with E-state index in [1.807, 2.05) is 0 Å². The topological polar surface area (TPSA) is 95.7 Å². The molecule has 21 heavy (non-hydrogen) atoms. The van der Waals surface area contributed by atoms with E-state index < -0.39 is 17.9 Å². The largest absolute Gasteiger partial charge is 0.399 e. The zero-order chi connectivity index (χ0) is 15.7. The minimum absolute atomic E-state index is 0.145. The molecule has 112 valence electrons. The molecular weight excluding hydrogens is 272 g/mol. The number of amides is 3. The third-order valence-electron chi connectivity index (χ3n) is 3.42. The molecule has 0 saturated carbocycles. The fraction of sp³-hybridized carbons (Fsp3) is 0.357. The van der Waals surface area contributed by atoms with Gasteiger partial charge < -0.3 is 15.5 Å². The Labute approximate surface area is 122 Å². The Morgan fingerprint density at radius 1 is 1.38 bits per heavy atom. The molecule has 3 N–H and O–H groups in total. The van der Waals surface area contributed by atoms with Gasteiger partial charge in [0.2, 0.25) is 11.8 Å². The molecule has 7 nitrogen and oxygen atoms in total. The van der Waals surface area contributed by atoms with Crippen LogP contribution in [0.15, 0.2) is 18.2 Å². The number of carbonyl (C=O) groups is 3. The molecule has 0 bridgehead atoms. The number of nitrogen functional groups attached to an aromatic ring is 1. The van der Waals surface area contributed by atoms with Crippen molar-refractivity contribution in [3.63, 3.8) is 0 Å². The Balaban J connectivity index is 2.41. The number of rotatable bonds is 2. The number of benzene rings is 1. The molecule has 0 spiro atoms. The number of nitrogens with one attached hydrogen (secondary N) is 1. The number of imide groups is 1. The first-order valence-electron chi connectivity index (χ1n) is 6.52. The number of nitrogens with two attached hydrogens (primary N) is 1. The lowest BCUT2D eigenvalue weighted by Gasteiger charge is -2.32. The normalized spacial score (nSPS) is 18.4. The molecule has 1 atom stereocenters. The number of nitrogens with zero attached hydrogens (tertiary/aromatic N) is 2. The highest BCUT2D eigenvalue weighted by Crippen LogP contribution is 2.24. The smallest absolute Gasteiger partial charge is 0.257 e. The summed E-state index contributed by atoms with van der Waals surface area (Å²) in [4.78, 5) is 38.9. The molecule has 1 aliphatic heterocycles. The van der Waals surface area contributed by atoms with Crippen LogP contribution in [0.3, 0.4) is 0 Å². The predicted molar refractivity (Wildman–Crippen MR) is 78.8 cm³/mol. The van der Waals surface area contributed by atoms with E-state index in [9.17, 15) is 14.4 Å². The van der Waals surface area contributed by atoms with Gasteiger partial charge in [0.1, 0.15) is 12.6 Å². The van der Waals surface area contributed by atoms with Gasteiger partial charge in [-0.3, -0.25) is 19.7 Å². The van der Waals surface area contributed by atoms with Crippen molar-refractivity contribution < 1.29 is 14.4 Å². The minimum atomic E-state index is -0.702. The number of hydrogen-bond acceptors (Lipinski definition) is 5. The quantitative estimate of drug-likeness (QED) is 0.582. The Morgan fingerprint density at radius 2 is 2.05 bits per heavy atom. The van der Waals surface area contributed by atoms with Crippen molar-refractivity contribution in [3.05, 3.63) is 23.8 Å². The summed E-state index contributed by atoms with van der Waals surface area (Å²) in [5, 5.41) is 2.21. The summed E-state index contributed by atoms with van der Waals surface area (Å²) in [6, 6.07) is 4.29. The SMILES string of the molecule is CC1C(=O)NC(=O)CN1C(=O)c1cc(N)ccc1N(C)C. The van der Waals surface area contributed by atoms with Crippen LogP contribution in [0.25, 0.3) is 0 Å². The lowest BCUT2D eigenvalue weighted by molar-refractivity contribution is -0.138. The molecule has 7 heteroatoms. The number of hydrogen-bond donors (Lipinski definition) is 2. The van der Waals surface area contributed by atoms with Crippen LogP contribution in [-0.4, -0.2) is 49.3 Å². The Bertz CT molecular complexity index is 612. The van der Waals surface area contributed by atoms with Gasteiger partial charge in [0, 0.05) is 25.5 Å². The maximum atomic E-state index is 12.7. The summed E-state index contributed by atoms with van der Waals surface area (Å²) in [6.07, 6.45) is 0. The fourth-order valence-corrected chi connectivity index (χ4v) is 2.23. The lowest BCUT2D eigenvalue weighted by Crippen LogP contribution is -2.58. The molecule has 0 radical (unpaired) electrons. The third-order valence-corrected chi connectivity index (χ3v) is 3.42. The Morgan fingerprint density at radius 3 is 2.67 bits per heavy atom. The average Bonchev–Trinajstić information content (AvgIpc) is 2.41. The highest BCUT2D eigenvalue weighted by Gasteiger charge is 2.34. The first kappa shape index (κ1) is 14.8. The summed E-state index contributed by atoms with van der Waals surface area (Å²) in [5.74, 6) is -1.35. The summed E-state index contributed by atoms with van der Waals surface area (Å²) in [6.45, 7) is 1.44. The second-order valence-corrected chi connectivity index (χ2v) is 5.19. The minimum Gasteiger partial charge on any atom is -0.399 e. The van der Waals surface area contributed by atoms with Gasteiger partial charge in [-0.15, -0.1) is 0 Å². The van der Waals surface area contributed by atoms with E-state index in [0.717, 1.165) is 0 Å². The van der Waals surface area contributed by atoms with Crippen molar-refractivity contribution in [2.24, 2.45) is 0 Å². The standard InChI is InChI=1S/C14H18N4O3/c1-8-13(20)16-12(19)7-18(8)14(21)10-6-9(15)4-5-11(10)17(2)3/h4-6,8H,7,15H2,1-3H3,(H,16,19,20). The van der Waals surface area contributed by atoms with Crippen LogP contribution in [0, 0.1) is 0 Å². The molecule has 2 rings (SSSR count). The van der Waals surface area contributed by atoms with Gasteiger partial charge in [0.25, 0.3) is 5.91 Å². The van der Waals surface area contributed by atoms with Gasteiger partial charge in [-0.1, -0.05) is 0 Å². The lowest BCUT2D eigenvalue weighted by atomic mass is 10.1. The Hall–Kier alpha value is -2.57. The predicted octanol–water partition coefficient (Wildman–Crippen LogP) is -0.178. The second kappa shape index (κ2) is 5.43. The first-order chi connectivity index (χ1) is 9.81. The summed E-state index contributed by atoms with van der Waals surface area (Å²) >= 11 is 0. The van der Waals surface area contributed by atoms with Crippen molar-refractivity contribution in [1.82, 2.24) is 10.2 Å². The van der Waals surface area contributed by atoms with Crippen LogP contribution in [-0.2, 0) is 9.59 Å². The van der Waals surface area contributed by atoms with Gasteiger partial charge in [-0.25, -0.2) is 0 Å². The maximum Gasteiger partial charge on any atom is 0.257 e. The molecule has 1 aliphatic rings. The molecule has 1 unspecified atom stereocenters. The second-order valence-electron chi connectivity index (χ2n) is 5.19. The van der Waals surface area contributed by atoms with E-state index in [0.29, 0.717) is 16.9 Å². The monoisotopic (exact) mass is 290 g/mol. The van der Waals surface area contributed by atoms with Crippen LogP contribution in [0.2, 0.25) is 0 Å². The van der Waals surface area contributed by atoms with Crippen LogP contribution >= 0.6 is 0 Å². The van der Waals surface area contributed by atoms with Crippen molar-refractivity contribution in [2.75, 3.05) is 31.3 Å². The van der Waals surface area contributed by atoms with E-state index in [4.69, 9.17) is 5.73 Å². The van der Waals surface area contributed by atoms with E-state index >= 15 is 0 Å². The summed E-state index contributed by atoms with van der Waals surface area (Å²) in [7, 11) is 3.61. The van der Waals surface area contributed by atoms with Crippen molar-refractivity contribution in [1.29, 1.82) is 0 Å². The summed E-state index contributed by atoms with van der Waals surface area (Å²) in [5.41, 5.74) is 7.25. The number of anilines is 2. The van der Waals surface area contributed by atoms with E-state index in [1.165, 1.54) is 4.90 Å². The van der Waals surface area contributed by atoms with Gasteiger partial charge in [0.15, 0.2) is 0 Å². The highest BCUT2D eigenvalue weighted by atomic mass is 16.2. The van der Waals surface area contributed by atoms with Crippen LogP contribution in [0.5, 0.6) is 0 Å². The van der Waals surface area contributed by atoms with E-state index in [1.54, 1.807) is 44.1 Å². The molecule has 1 fully saturated rings. The first-order valence-corrected chi connectivity index (χ1v) is 6.52. The van der Waals surface area contributed by atoms with Gasteiger partial charge in [0.05, 0.1) is 5.56 Å². The number of piperazine rings is 1. The fourth-order valence-electron chi connectivity index (χ4n) is 2.23. The van der Waals surface area contributed by atoms with Gasteiger partial charge >= 0.3 is 0 Å². The molecule has 1 aromatic rings. The molecule has 0 aliphatic carbocycles. The maximum absolute atomic E-state index is 12.7. The van der Waals surface area contributed by atoms with Crippen molar-refractivity contribution in [2.45, 2.75) is 13.0 Å². The highest BCUT2D eigenvalue weighted by molar-refractivity contribution is 6.09. The van der Waals surface area contributed by atoms with Crippen LogP contribution in [0.4, 0.5) is 11.4 Å². The third kappa shape index (κ3) is 2.81. The van der Waals surface area contributed by atoms with Crippen molar-refractivity contribution >= 4 is 29.1 Å². The Kier molecular flexibility index (Phi) is 3.84. The van der Waals surface area contributed by atoms with E-state index in [-0.39, 0.29) is 12.5 Å². The summed E-state index contributed by atoms with van der Waals surface area (Å²) < 4.78 is 0. The van der Waals surface area contributed by atoms with Crippen LogP contribution in [0.1, 0.15) is 17.3 Å². The van der Waals surface area contributed by atoms with Gasteiger partial charge in [-0.2, -0.15) is 0 Å². The molecule has 3 amide bonds. The molecular formula is C14H18N4O3. The van der Waals surface area contributed by atoms with Gasteiger partial charge in [-0.05, 0) is 25.1 Å². The average molecular weight is 290 g/mol.